The van der Waals surface area contributed by atoms with Crippen molar-refractivity contribution in [3.8, 4) is 0 Å². The highest BCUT2D eigenvalue weighted by Gasteiger charge is 2.05. The Morgan fingerprint density at radius 3 is 2.44 bits per heavy atom. The minimum atomic E-state index is -0.678. The molecule has 3 heteroatoms. The Bertz CT molecular complexity index is 80.4. The zero-order valence-electron chi connectivity index (χ0n) is 5.45. The molecule has 0 bridgehead atoms. The summed E-state index contributed by atoms with van der Waals surface area (Å²) in [6, 6.07) is 0. The number of hydrogen-bond donors (Lipinski definition) is 2. The molecule has 2 atom stereocenters. The molecule has 0 unspecified atom stereocenters. The van der Waals surface area contributed by atoms with Crippen LogP contribution in [-0.4, -0.2) is 28.7 Å². The molecule has 0 aromatic rings. The van der Waals surface area contributed by atoms with Gasteiger partial charge in [0.1, 0.15) is 6.29 Å². The van der Waals surface area contributed by atoms with Gasteiger partial charge in [-0.05, 0) is 13.3 Å². The molecule has 0 saturated heterocycles. The van der Waals surface area contributed by atoms with Crippen LogP contribution in [0, 0.1) is 0 Å². The molecule has 0 aliphatic heterocycles. The van der Waals surface area contributed by atoms with E-state index in [0.29, 0.717) is 6.29 Å². The maximum absolute atomic E-state index is 9.76. The van der Waals surface area contributed by atoms with Crippen molar-refractivity contribution in [3.63, 3.8) is 0 Å². The predicted octanol–water partition coefficient (Wildman–Crippen LogP) is -0.293. The highest BCUT2D eigenvalue weighted by Crippen LogP contribution is 1.98. The molecule has 2 N–H and O–H groups in total. The Hall–Kier alpha value is -0.410. The highest BCUT2D eigenvalue weighted by atomic mass is 16.3. The van der Waals surface area contributed by atoms with Crippen molar-refractivity contribution >= 4 is 6.29 Å². The lowest BCUT2D eigenvalue weighted by molar-refractivity contribution is -0.109. The van der Waals surface area contributed by atoms with Crippen LogP contribution in [0.2, 0.25) is 0 Å². The van der Waals surface area contributed by atoms with Crippen LogP contribution < -0.4 is 0 Å². The van der Waals surface area contributed by atoms with Gasteiger partial charge in [-0.2, -0.15) is 0 Å². The first-order chi connectivity index (χ1) is 4.16. The SMILES string of the molecule is C[C@@H](O)C[C@@H](O)CC=O. The van der Waals surface area contributed by atoms with Crippen molar-refractivity contribution < 1.29 is 15.0 Å². The van der Waals surface area contributed by atoms with Crippen LogP contribution in [0.5, 0.6) is 0 Å². The molecular weight excluding hydrogens is 120 g/mol. The van der Waals surface area contributed by atoms with Gasteiger partial charge in [0.15, 0.2) is 0 Å². The molecule has 9 heavy (non-hydrogen) atoms. The van der Waals surface area contributed by atoms with Crippen molar-refractivity contribution in [2.75, 3.05) is 0 Å². The lowest BCUT2D eigenvalue weighted by Gasteiger charge is -2.07. The van der Waals surface area contributed by atoms with E-state index in [4.69, 9.17) is 10.2 Å². The largest absolute Gasteiger partial charge is 0.393 e. The van der Waals surface area contributed by atoms with Crippen LogP contribution in [0.4, 0.5) is 0 Å². The van der Waals surface area contributed by atoms with Crippen LogP contribution in [0.25, 0.3) is 0 Å². The molecule has 54 valence electrons. The van der Waals surface area contributed by atoms with E-state index in [1.54, 1.807) is 6.92 Å². The van der Waals surface area contributed by atoms with E-state index in [1.165, 1.54) is 0 Å². The molecule has 0 radical (unpaired) electrons. The van der Waals surface area contributed by atoms with Crippen molar-refractivity contribution in [1.29, 1.82) is 0 Å². The third kappa shape index (κ3) is 5.46. The molecule has 0 fully saturated rings. The van der Waals surface area contributed by atoms with Gasteiger partial charge >= 0.3 is 0 Å². The molecule has 0 rings (SSSR count). The molecule has 0 aliphatic carbocycles. The lowest BCUT2D eigenvalue weighted by Crippen LogP contribution is -2.14. The molecule has 0 spiro atoms. The van der Waals surface area contributed by atoms with Gasteiger partial charge in [-0.25, -0.2) is 0 Å². The van der Waals surface area contributed by atoms with E-state index >= 15 is 0 Å². The van der Waals surface area contributed by atoms with Gasteiger partial charge in [0.25, 0.3) is 0 Å². The first-order valence-electron chi connectivity index (χ1n) is 2.96. The summed E-state index contributed by atoms with van der Waals surface area (Å²) in [6.45, 7) is 1.58. The van der Waals surface area contributed by atoms with E-state index in [-0.39, 0.29) is 12.8 Å². The highest BCUT2D eigenvalue weighted by molar-refractivity contribution is 5.49. The summed E-state index contributed by atoms with van der Waals surface area (Å²) in [5.74, 6) is 0. The Balaban J connectivity index is 3.25. The number of aldehydes is 1. The van der Waals surface area contributed by atoms with Crippen LogP contribution in [0.3, 0.4) is 0 Å². The molecular formula is C6H12O3. The molecule has 0 aliphatic rings. The van der Waals surface area contributed by atoms with E-state index in [2.05, 4.69) is 0 Å². The summed E-state index contributed by atoms with van der Waals surface area (Å²) in [5, 5.41) is 17.5. The topological polar surface area (TPSA) is 57.5 Å². The number of rotatable bonds is 4. The van der Waals surface area contributed by atoms with Crippen LogP contribution in [-0.2, 0) is 4.79 Å². The summed E-state index contributed by atoms with van der Waals surface area (Å²) in [7, 11) is 0. The van der Waals surface area contributed by atoms with E-state index in [9.17, 15) is 4.79 Å². The molecule has 0 aromatic heterocycles. The van der Waals surface area contributed by atoms with E-state index in [1.807, 2.05) is 0 Å². The van der Waals surface area contributed by atoms with Crippen LogP contribution in [0.1, 0.15) is 19.8 Å². The smallest absolute Gasteiger partial charge is 0.122 e. The zero-order chi connectivity index (χ0) is 7.28. The molecule has 0 aromatic carbocycles. The Labute approximate surface area is 54.3 Å². The van der Waals surface area contributed by atoms with Gasteiger partial charge in [0.2, 0.25) is 0 Å². The van der Waals surface area contributed by atoms with Gasteiger partial charge in [-0.3, -0.25) is 0 Å². The number of hydrogen-bond acceptors (Lipinski definition) is 3. The summed E-state index contributed by atoms with van der Waals surface area (Å²) in [4.78, 5) is 9.76. The lowest BCUT2D eigenvalue weighted by atomic mass is 10.1. The van der Waals surface area contributed by atoms with Crippen LogP contribution >= 0.6 is 0 Å². The second kappa shape index (κ2) is 4.47. The first-order valence-corrected chi connectivity index (χ1v) is 2.96. The number of aliphatic hydroxyl groups excluding tert-OH is 2. The van der Waals surface area contributed by atoms with Gasteiger partial charge in [0.05, 0.1) is 12.2 Å². The molecule has 0 heterocycles. The predicted molar refractivity (Wildman–Crippen MR) is 33.0 cm³/mol. The first kappa shape index (κ1) is 8.59. The second-order valence-electron chi connectivity index (χ2n) is 2.14. The summed E-state index contributed by atoms with van der Waals surface area (Å²) >= 11 is 0. The number of carbonyl (C=O) groups is 1. The van der Waals surface area contributed by atoms with Gasteiger partial charge < -0.3 is 15.0 Å². The molecule has 3 nitrogen and oxygen atoms in total. The van der Waals surface area contributed by atoms with Crippen molar-refractivity contribution in [1.82, 2.24) is 0 Å². The average molecular weight is 132 g/mol. The van der Waals surface area contributed by atoms with Crippen molar-refractivity contribution in [2.24, 2.45) is 0 Å². The standard InChI is InChI=1S/C6H12O3/c1-5(8)4-6(9)2-3-7/h3,5-6,8-9H,2,4H2,1H3/t5-,6+/m1/s1. The maximum Gasteiger partial charge on any atom is 0.122 e. The van der Waals surface area contributed by atoms with Gasteiger partial charge in [0, 0.05) is 6.42 Å². The Kier molecular flexibility index (Phi) is 4.26. The van der Waals surface area contributed by atoms with Gasteiger partial charge in [-0.15, -0.1) is 0 Å². The third-order valence-electron chi connectivity index (χ3n) is 0.981. The average Bonchev–Trinajstić information content (AvgIpc) is 1.63. The monoisotopic (exact) mass is 132 g/mol. The quantitative estimate of drug-likeness (QED) is 0.517. The van der Waals surface area contributed by atoms with Crippen molar-refractivity contribution in [2.45, 2.75) is 32.0 Å². The summed E-state index contributed by atoms with van der Waals surface area (Å²) in [6.07, 6.45) is -0.168. The van der Waals surface area contributed by atoms with Crippen molar-refractivity contribution in [3.05, 3.63) is 0 Å². The molecule has 0 saturated carbocycles. The number of aliphatic hydroxyl groups is 2. The molecule has 0 amide bonds. The summed E-state index contributed by atoms with van der Waals surface area (Å²) < 4.78 is 0. The zero-order valence-corrected chi connectivity index (χ0v) is 5.45. The van der Waals surface area contributed by atoms with Crippen LogP contribution in [0.15, 0.2) is 0 Å². The minimum Gasteiger partial charge on any atom is -0.393 e. The maximum atomic E-state index is 9.76. The number of carbonyl (C=O) groups excluding carboxylic acids is 1. The fourth-order valence-corrected chi connectivity index (χ4v) is 0.601. The fraction of sp³-hybridized carbons (Fsp3) is 0.833. The Morgan fingerprint density at radius 1 is 1.56 bits per heavy atom. The summed E-state index contributed by atoms with van der Waals surface area (Å²) in [5.41, 5.74) is 0. The third-order valence-corrected chi connectivity index (χ3v) is 0.981. The van der Waals surface area contributed by atoms with Gasteiger partial charge in [-0.1, -0.05) is 0 Å². The van der Waals surface area contributed by atoms with E-state index < -0.39 is 12.2 Å². The van der Waals surface area contributed by atoms with E-state index in [0.717, 1.165) is 0 Å². The minimum absolute atomic E-state index is 0.116. The second-order valence-corrected chi connectivity index (χ2v) is 2.14. The fourth-order valence-electron chi connectivity index (χ4n) is 0.601. The Morgan fingerprint density at radius 2 is 2.11 bits per heavy atom. The normalized spacial score (nSPS) is 16.8.